The Labute approximate surface area is 76.3 Å². The van der Waals surface area contributed by atoms with E-state index in [0.717, 1.165) is 18.0 Å². The van der Waals surface area contributed by atoms with Crippen molar-refractivity contribution in [1.82, 2.24) is 10.2 Å². The van der Waals surface area contributed by atoms with Gasteiger partial charge in [0, 0.05) is 18.6 Å². The van der Waals surface area contributed by atoms with Gasteiger partial charge >= 0.3 is 0 Å². The van der Waals surface area contributed by atoms with Crippen LogP contribution in [-0.2, 0) is 0 Å². The first-order valence-electron chi connectivity index (χ1n) is 5.00. The maximum Gasteiger partial charge on any atom is 0.0198 e. The molecule has 1 rings (SSSR count). The summed E-state index contributed by atoms with van der Waals surface area (Å²) in [6.45, 7) is 5.79. The quantitative estimate of drug-likeness (QED) is 0.687. The molecule has 0 aromatic heterocycles. The third kappa shape index (κ3) is 2.76. The van der Waals surface area contributed by atoms with E-state index in [0.29, 0.717) is 0 Å². The van der Waals surface area contributed by atoms with Crippen molar-refractivity contribution in [2.24, 2.45) is 5.92 Å². The predicted molar refractivity (Wildman–Crippen MR) is 53.3 cm³/mol. The number of nitrogens with zero attached hydrogens (tertiary/aromatic N) is 1. The second-order valence-corrected chi connectivity index (χ2v) is 4.55. The first-order chi connectivity index (χ1) is 5.59. The van der Waals surface area contributed by atoms with Crippen molar-refractivity contribution >= 4 is 0 Å². The predicted octanol–water partition coefficient (Wildman–Crippen LogP) is 1.32. The minimum absolute atomic E-state index is 0.729. The monoisotopic (exact) mass is 170 g/mol. The molecule has 0 aromatic rings. The molecule has 1 fully saturated rings. The number of likely N-dealkylation sites (N-methyl/N-ethyl adjacent to an activating group) is 1. The lowest BCUT2D eigenvalue weighted by Gasteiger charge is -2.19. The van der Waals surface area contributed by atoms with Crippen molar-refractivity contribution in [2.75, 3.05) is 20.6 Å². The van der Waals surface area contributed by atoms with Crippen molar-refractivity contribution in [1.29, 1.82) is 0 Å². The van der Waals surface area contributed by atoms with Gasteiger partial charge in [-0.3, -0.25) is 0 Å². The van der Waals surface area contributed by atoms with E-state index in [1.165, 1.54) is 19.4 Å². The molecule has 2 nitrogen and oxygen atoms in total. The number of rotatable bonds is 3. The van der Waals surface area contributed by atoms with E-state index in [-0.39, 0.29) is 0 Å². The standard InChI is InChI=1S/C10H22N2/c1-8(2)10-6-5-9(11-10)7-12(3)4/h8-11H,5-7H2,1-4H3. The molecule has 1 heterocycles. The molecule has 1 saturated heterocycles. The smallest absolute Gasteiger partial charge is 0.0198 e. The van der Waals surface area contributed by atoms with E-state index in [4.69, 9.17) is 0 Å². The summed E-state index contributed by atoms with van der Waals surface area (Å²) in [6.07, 6.45) is 2.71. The van der Waals surface area contributed by atoms with Gasteiger partial charge in [-0.2, -0.15) is 0 Å². The van der Waals surface area contributed by atoms with Gasteiger partial charge in [-0.15, -0.1) is 0 Å². The van der Waals surface area contributed by atoms with Gasteiger partial charge in [-0.25, -0.2) is 0 Å². The Bertz CT molecular complexity index is 132. The highest BCUT2D eigenvalue weighted by Gasteiger charge is 2.25. The van der Waals surface area contributed by atoms with Crippen LogP contribution in [0.5, 0.6) is 0 Å². The van der Waals surface area contributed by atoms with Crippen molar-refractivity contribution < 1.29 is 0 Å². The van der Waals surface area contributed by atoms with Gasteiger partial charge in [0.15, 0.2) is 0 Å². The average molecular weight is 170 g/mol. The summed E-state index contributed by atoms with van der Waals surface area (Å²) in [7, 11) is 4.29. The van der Waals surface area contributed by atoms with Crippen LogP contribution < -0.4 is 5.32 Å². The Morgan fingerprint density at radius 3 is 2.42 bits per heavy atom. The van der Waals surface area contributed by atoms with E-state index < -0.39 is 0 Å². The minimum Gasteiger partial charge on any atom is -0.310 e. The molecule has 0 bridgehead atoms. The Hall–Kier alpha value is -0.0800. The topological polar surface area (TPSA) is 15.3 Å². The largest absolute Gasteiger partial charge is 0.310 e. The summed E-state index contributed by atoms with van der Waals surface area (Å²) in [5.74, 6) is 0.789. The number of hydrogen-bond acceptors (Lipinski definition) is 2. The van der Waals surface area contributed by atoms with Crippen LogP contribution in [0.15, 0.2) is 0 Å². The highest BCUT2D eigenvalue weighted by Crippen LogP contribution is 2.18. The van der Waals surface area contributed by atoms with Gasteiger partial charge in [0.2, 0.25) is 0 Å². The molecule has 1 aliphatic rings. The molecule has 1 aliphatic heterocycles. The number of nitrogens with one attached hydrogen (secondary N) is 1. The van der Waals surface area contributed by atoms with Crippen molar-refractivity contribution in [3.05, 3.63) is 0 Å². The normalized spacial score (nSPS) is 30.5. The van der Waals surface area contributed by atoms with Crippen molar-refractivity contribution in [2.45, 2.75) is 38.8 Å². The van der Waals surface area contributed by atoms with Gasteiger partial charge in [0.05, 0.1) is 0 Å². The van der Waals surface area contributed by atoms with Crippen molar-refractivity contribution in [3.8, 4) is 0 Å². The summed E-state index contributed by atoms with van der Waals surface area (Å²) >= 11 is 0. The minimum atomic E-state index is 0.729. The molecule has 0 aliphatic carbocycles. The second kappa shape index (κ2) is 4.24. The molecule has 0 radical (unpaired) electrons. The third-order valence-corrected chi connectivity index (χ3v) is 2.67. The lowest BCUT2D eigenvalue weighted by molar-refractivity contribution is 0.339. The van der Waals surface area contributed by atoms with Crippen LogP contribution in [0.1, 0.15) is 26.7 Å². The SMILES string of the molecule is CC(C)C1CCC(CN(C)C)N1. The van der Waals surface area contributed by atoms with Crippen LogP contribution in [0.3, 0.4) is 0 Å². The Kier molecular flexibility index (Phi) is 3.53. The van der Waals surface area contributed by atoms with E-state index in [2.05, 4.69) is 38.2 Å². The first-order valence-corrected chi connectivity index (χ1v) is 5.00. The first kappa shape index (κ1) is 10.0. The third-order valence-electron chi connectivity index (χ3n) is 2.67. The molecule has 2 unspecified atom stereocenters. The molecule has 1 N–H and O–H groups in total. The maximum absolute atomic E-state index is 3.68. The molecule has 0 aromatic carbocycles. The highest BCUT2D eigenvalue weighted by atomic mass is 15.1. The van der Waals surface area contributed by atoms with E-state index >= 15 is 0 Å². The Morgan fingerprint density at radius 2 is 2.00 bits per heavy atom. The summed E-state index contributed by atoms with van der Waals surface area (Å²) in [6, 6.07) is 1.49. The van der Waals surface area contributed by atoms with Crippen LogP contribution in [0.25, 0.3) is 0 Å². The summed E-state index contributed by atoms with van der Waals surface area (Å²) in [5, 5.41) is 3.68. The molecular formula is C10H22N2. The maximum atomic E-state index is 3.68. The Balaban J connectivity index is 2.26. The van der Waals surface area contributed by atoms with Crippen molar-refractivity contribution in [3.63, 3.8) is 0 Å². The van der Waals surface area contributed by atoms with Crippen LogP contribution in [0.2, 0.25) is 0 Å². The zero-order valence-corrected chi connectivity index (χ0v) is 8.80. The van der Waals surface area contributed by atoms with E-state index in [9.17, 15) is 0 Å². The van der Waals surface area contributed by atoms with Gasteiger partial charge in [-0.1, -0.05) is 13.8 Å². The zero-order chi connectivity index (χ0) is 9.14. The van der Waals surface area contributed by atoms with Crippen LogP contribution in [0.4, 0.5) is 0 Å². The lowest BCUT2D eigenvalue weighted by atomic mass is 10.0. The van der Waals surface area contributed by atoms with Gasteiger partial charge < -0.3 is 10.2 Å². The molecule has 2 heteroatoms. The number of hydrogen-bond donors (Lipinski definition) is 1. The second-order valence-electron chi connectivity index (χ2n) is 4.55. The average Bonchev–Trinajstić information content (AvgIpc) is 2.34. The molecule has 0 saturated carbocycles. The van der Waals surface area contributed by atoms with Gasteiger partial charge in [0.1, 0.15) is 0 Å². The molecule has 0 amide bonds. The fraction of sp³-hybridized carbons (Fsp3) is 1.00. The fourth-order valence-corrected chi connectivity index (χ4v) is 1.96. The molecule has 2 atom stereocenters. The van der Waals surface area contributed by atoms with Crippen LogP contribution >= 0.6 is 0 Å². The van der Waals surface area contributed by atoms with Gasteiger partial charge in [0.25, 0.3) is 0 Å². The summed E-state index contributed by atoms with van der Waals surface area (Å²) < 4.78 is 0. The van der Waals surface area contributed by atoms with Crippen LogP contribution in [-0.4, -0.2) is 37.6 Å². The summed E-state index contributed by atoms with van der Waals surface area (Å²) in [4.78, 5) is 2.26. The zero-order valence-electron chi connectivity index (χ0n) is 8.80. The molecule has 0 spiro atoms. The molecule has 12 heavy (non-hydrogen) atoms. The Morgan fingerprint density at radius 1 is 1.33 bits per heavy atom. The van der Waals surface area contributed by atoms with Crippen LogP contribution in [0, 0.1) is 5.92 Å². The lowest BCUT2D eigenvalue weighted by Crippen LogP contribution is -2.38. The van der Waals surface area contributed by atoms with Gasteiger partial charge in [-0.05, 0) is 32.9 Å². The van der Waals surface area contributed by atoms with E-state index in [1.807, 2.05) is 0 Å². The van der Waals surface area contributed by atoms with E-state index in [1.54, 1.807) is 0 Å². The molecular weight excluding hydrogens is 148 g/mol. The fourth-order valence-electron chi connectivity index (χ4n) is 1.96. The molecule has 72 valence electrons. The highest BCUT2D eigenvalue weighted by molar-refractivity contribution is 4.86. The summed E-state index contributed by atoms with van der Waals surface area (Å²) in [5.41, 5.74) is 0.